The lowest BCUT2D eigenvalue weighted by Crippen LogP contribution is -2.31. The van der Waals surface area contributed by atoms with Gasteiger partial charge in [-0.05, 0) is 30.3 Å². The van der Waals surface area contributed by atoms with Crippen LogP contribution in [0, 0.1) is 0 Å². The van der Waals surface area contributed by atoms with Crippen LogP contribution in [-0.4, -0.2) is 14.1 Å². The molecule has 2 aromatic carbocycles. The van der Waals surface area contributed by atoms with E-state index in [-0.39, 0.29) is 0 Å². The van der Waals surface area contributed by atoms with Gasteiger partial charge < -0.3 is 4.57 Å². The van der Waals surface area contributed by atoms with Crippen molar-refractivity contribution in [2.24, 2.45) is 6.98 Å². The number of pyridine rings is 1. The van der Waals surface area contributed by atoms with Crippen LogP contribution in [0.2, 0.25) is 0 Å². The van der Waals surface area contributed by atoms with Gasteiger partial charge in [-0.25, -0.2) is 9.55 Å². The van der Waals surface area contributed by atoms with Crippen LogP contribution in [0.15, 0.2) is 72.9 Å². The first-order chi connectivity index (χ1) is 14.1. The number of rotatable bonds is 1. The third-order valence-electron chi connectivity index (χ3n) is 5.23. The number of aromatic nitrogens is 4. The first-order valence-corrected chi connectivity index (χ1v) is 8.63. The third-order valence-corrected chi connectivity index (χ3v) is 5.23. The molecule has 4 heterocycles. The molecule has 5 aromatic rings. The van der Waals surface area contributed by atoms with Crippen LogP contribution in [0.4, 0.5) is 0 Å². The fourth-order valence-electron chi connectivity index (χ4n) is 4.16. The van der Waals surface area contributed by atoms with E-state index in [0.29, 0.717) is 23.2 Å². The zero-order valence-corrected chi connectivity index (χ0v) is 13.9. The van der Waals surface area contributed by atoms with Gasteiger partial charge >= 0.3 is 0 Å². The molecule has 6 rings (SSSR count). The normalized spacial score (nSPS) is 14.8. The minimum Gasteiger partial charge on any atom is -0.306 e. The maximum Gasteiger partial charge on any atom is 0.297 e. The topological polar surface area (TPSA) is 26.6 Å². The summed E-state index contributed by atoms with van der Waals surface area (Å²) >= 11 is 0. The molecule has 0 saturated carbocycles. The van der Waals surface area contributed by atoms with E-state index >= 15 is 0 Å². The van der Waals surface area contributed by atoms with Crippen LogP contribution in [0.3, 0.4) is 0 Å². The van der Waals surface area contributed by atoms with E-state index in [1.54, 1.807) is 12.3 Å². The Bertz CT molecular complexity index is 1410. The molecule has 26 heavy (non-hydrogen) atoms. The second-order valence-electron chi connectivity index (χ2n) is 6.62. The smallest absolute Gasteiger partial charge is 0.297 e. The minimum absolute atomic E-state index is 0.619. The number of hydrogen-bond acceptors (Lipinski definition) is 1. The summed E-state index contributed by atoms with van der Waals surface area (Å²) in [6.07, 6.45) is 1.72. The highest BCUT2D eigenvalue weighted by Gasteiger charge is 2.38. The maximum absolute atomic E-state index is 8.26. The van der Waals surface area contributed by atoms with Gasteiger partial charge in [-0.1, -0.05) is 36.4 Å². The summed E-state index contributed by atoms with van der Waals surface area (Å²) in [7, 11) is 0. The number of imidazole rings is 1. The molecule has 0 atom stereocenters. The number of nitrogens with zero attached hydrogens (tertiary/aromatic N) is 4. The second-order valence-corrected chi connectivity index (χ2v) is 6.62. The highest BCUT2D eigenvalue weighted by Crippen LogP contribution is 2.36. The van der Waals surface area contributed by atoms with Crippen LogP contribution in [-0.2, 0) is 13.5 Å². The molecule has 4 nitrogen and oxygen atoms in total. The Morgan fingerprint density at radius 2 is 1.85 bits per heavy atom. The first kappa shape index (κ1) is 11.3. The number of fused-ring (bicyclic) bond motifs is 7. The van der Waals surface area contributed by atoms with Crippen molar-refractivity contribution in [2.75, 3.05) is 0 Å². The predicted molar refractivity (Wildman–Crippen MR) is 102 cm³/mol. The van der Waals surface area contributed by atoms with Gasteiger partial charge in [0.1, 0.15) is 17.7 Å². The first-order valence-electron chi connectivity index (χ1n) is 10.1. The summed E-state index contributed by atoms with van der Waals surface area (Å²) < 4.78 is 30.5. The van der Waals surface area contributed by atoms with Crippen molar-refractivity contribution in [1.82, 2.24) is 14.1 Å². The molecule has 0 spiro atoms. The molecule has 0 radical (unpaired) electrons. The van der Waals surface area contributed by atoms with E-state index in [1.807, 2.05) is 48.5 Å². The molecule has 0 bridgehead atoms. The van der Waals surface area contributed by atoms with Gasteiger partial charge in [0.2, 0.25) is 5.52 Å². The fourth-order valence-corrected chi connectivity index (χ4v) is 4.16. The monoisotopic (exact) mass is 340 g/mol. The molecule has 0 saturated heterocycles. The van der Waals surface area contributed by atoms with Gasteiger partial charge in [0, 0.05) is 22.8 Å². The Labute approximate surface area is 154 Å². The molecule has 4 heteroatoms. The molecule has 1 aliphatic heterocycles. The Morgan fingerprint density at radius 3 is 2.73 bits per heavy atom. The van der Waals surface area contributed by atoms with Crippen LogP contribution in [0.5, 0.6) is 0 Å². The molecule has 124 valence electrons. The average molecular weight is 340 g/mol. The Morgan fingerprint density at radius 1 is 1.00 bits per heavy atom. The average Bonchev–Trinajstić information content (AvgIpc) is 3.34. The summed E-state index contributed by atoms with van der Waals surface area (Å²) in [5.41, 5.74) is 6.10. The van der Waals surface area contributed by atoms with E-state index in [0.717, 1.165) is 22.6 Å². The van der Waals surface area contributed by atoms with Gasteiger partial charge in [-0.2, -0.15) is 4.57 Å². The quantitative estimate of drug-likeness (QED) is 0.418. The summed E-state index contributed by atoms with van der Waals surface area (Å²) in [6, 6.07) is 21.8. The minimum atomic E-state index is -2.33. The van der Waals surface area contributed by atoms with E-state index in [9.17, 15) is 0 Å². The van der Waals surface area contributed by atoms with Crippen LogP contribution in [0.1, 0.15) is 9.68 Å². The molecular weight excluding hydrogens is 320 g/mol. The number of aryl methyl sites for hydroxylation is 1. The van der Waals surface area contributed by atoms with Crippen molar-refractivity contribution in [3.05, 3.63) is 78.5 Å². The third kappa shape index (κ3) is 1.59. The van der Waals surface area contributed by atoms with Crippen molar-refractivity contribution in [2.45, 2.75) is 6.54 Å². The summed E-state index contributed by atoms with van der Waals surface area (Å²) in [6.45, 7) is -1.64. The lowest BCUT2D eigenvalue weighted by atomic mass is 10.1. The molecular formula is C22H17N4+. The van der Waals surface area contributed by atoms with Crippen molar-refractivity contribution in [1.29, 1.82) is 0 Å². The van der Waals surface area contributed by atoms with Crippen LogP contribution >= 0.6 is 0 Å². The van der Waals surface area contributed by atoms with Crippen molar-refractivity contribution >= 4 is 22.2 Å². The van der Waals surface area contributed by atoms with Crippen molar-refractivity contribution < 1.29 is 8.68 Å². The van der Waals surface area contributed by atoms with Gasteiger partial charge in [0.05, 0.1) is 11.1 Å². The number of benzene rings is 2. The molecule has 0 amide bonds. The van der Waals surface area contributed by atoms with Gasteiger partial charge in [-0.3, -0.25) is 0 Å². The van der Waals surface area contributed by atoms with Crippen LogP contribution in [0.25, 0.3) is 39.3 Å². The maximum atomic E-state index is 8.26. The highest BCUT2D eigenvalue weighted by atomic mass is 15.3. The summed E-state index contributed by atoms with van der Waals surface area (Å²) in [5, 5.41) is 0. The number of hydrogen-bond donors (Lipinski definition) is 0. The number of para-hydroxylation sites is 1. The van der Waals surface area contributed by atoms with E-state index in [2.05, 4.69) is 26.3 Å². The van der Waals surface area contributed by atoms with E-state index < -0.39 is 6.98 Å². The van der Waals surface area contributed by atoms with E-state index in [1.165, 1.54) is 10.1 Å². The molecule has 0 unspecified atom stereocenters. The predicted octanol–water partition coefficient (Wildman–Crippen LogP) is 3.83. The van der Waals surface area contributed by atoms with Gasteiger partial charge in [-0.15, -0.1) is 0 Å². The zero-order chi connectivity index (χ0) is 19.8. The standard InChI is InChI=1S/C22H17N4/c1-24-18-12-7-13-23-19(18)20-22(24)26(16-9-3-2-4-10-16)21-17-11-6-5-8-15(17)14-25(20)21/h2-13H,14H2,1H3/q+1/i1D3. The lowest BCUT2D eigenvalue weighted by Gasteiger charge is -2.03. The molecule has 1 aliphatic rings. The van der Waals surface area contributed by atoms with Crippen LogP contribution < -0.4 is 4.57 Å². The largest absolute Gasteiger partial charge is 0.306 e. The second kappa shape index (κ2) is 4.82. The molecule has 0 fully saturated rings. The van der Waals surface area contributed by atoms with Gasteiger partial charge in [0.15, 0.2) is 0 Å². The zero-order valence-electron chi connectivity index (χ0n) is 16.9. The Kier molecular flexibility index (Phi) is 2.09. The fraction of sp³-hybridized carbons (Fsp3) is 0.0909. The molecule has 0 aliphatic carbocycles. The van der Waals surface area contributed by atoms with Gasteiger partial charge in [0.25, 0.3) is 11.5 Å². The summed E-state index contributed by atoms with van der Waals surface area (Å²) in [5.74, 6) is 0.988. The Balaban J connectivity index is 1.89. The van der Waals surface area contributed by atoms with Crippen molar-refractivity contribution in [3.63, 3.8) is 0 Å². The van der Waals surface area contributed by atoms with E-state index in [4.69, 9.17) is 4.11 Å². The molecule has 3 aromatic heterocycles. The highest BCUT2D eigenvalue weighted by molar-refractivity contribution is 6.01. The molecule has 0 N–H and O–H groups in total. The SMILES string of the molecule is [2H]C([2H])([2H])n1c2cccnc2c2c1n(-c1ccccc1)c1[n+]2Cc2ccccc2-1. The lowest BCUT2D eigenvalue weighted by molar-refractivity contribution is -0.645. The van der Waals surface area contributed by atoms with Crippen molar-refractivity contribution in [3.8, 4) is 17.1 Å². The summed E-state index contributed by atoms with van der Waals surface area (Å²) in [4.78, 5) is 4.59. The Hall–Kier alpha value is -3.40.